The molecule has 18 heavy (non-hydrogen) atoms. The maximum Gasteiger partial charge on any atom is 0.304 e. The lowest BCUT2D eigenvalue weighted by molar-refractivity contribution is 0.522. The van der Waals surface area contributed by atoms with E-state index in [9.17, 15) is 9.18 Å². The number of rotatable bonds is 5. The maximum atomic E-state index is 13.4. The summed E-state index contributed by atoms with van der Waals surface area (Å²) in [5.74, 6) is -0.171. The monoisotopic (exact) mass is 266 g/mol. The van der Waals surface area contributed by atoms with Gasteiger partial charge in [0.25, 0.3) is 0 Å². The Morgan fingerprint density at radius 1 is 1.44 bits per heavy atom. The van der Waals surface area contributed by atoms with Crippen LogP contribution < -0.4 is 10.2 Å². The Labute approximate surface area is 109 Å². The third kappa shape index (κ3) is 3.51. The first-order chi connectivity index (χ1) is 8.65. The van der Waals surface area contributed by atoms with E-state index in [1.807, 2.05) is 13.0 Å². The molecule has 0 fully saturated rings. The third-order valence-corrected chi connectivity index (χ3v) is 3.41. The topological polar surface area (TPSA) is 44.9 Å². The van der Waals surface area contributed by atoms with E-state index in [2.05, 4.69) is 10.3 Å². The molecule has 1 unspecified atom stereocenters. The molecule has 0 saturated heterocycles. The van der Waals surface area contributed by atoms with Crippen LogP contribution in [-0.2, 0) is 13.0 Å². The van der Waals surface area contributed by atoms with Gasteiger partial charge in [-0.15, -0.1) is 0 Å². The molecule has 1 aromatic carbocycles. The van der Waals surface area contributed by atoms with Crippen LogP contribution in [0.1, 0.15) is 18.2 Å². The quantitative estimate of drug-likeness (QED) is 0.872. The first-order valence-corrected chi connectivity index (χ1v) is 6.66. The average molecular weight is 266 g/mol. The smallest absolute Gasteiger partial charge is 0.304 e. The number of hydrogen-bond acceptors (Lipinski definition) is 3. The van der Waals surface area contributed by atoms with E-state index in [1.54, 1.807) is 17.5 Å². The van der Waals surface area contributed by atoms with Crippen molar-refractivity contribution in [3.05, 3.63) is 56.4 Å². The number of halogens is 1. The number of nitrogens with one attached hydrogen (secondary N) is 2. The molecule has 0 amide bonds. The lowest BCUT2D eigenvalue weighted by atomic mass is 10.1. The van der Waals surface area contributed by atoms with E-state index in [4.69, 9.17) is 0 Å². The molecule has 1 aromatic heterocycles. The van der Waals surface area contributed by atoms with E-state index in [-0.39, 0.29) is 16.7 Å². The largest absolute Gasteiger partial charge is 0.315 e. The van der Waals surface area contributed by atoms with Crippen LogP contribution in [0.15, 0.2) is 34.4 Å². The number of aromatic amines is 1. The van der Waals surface area contributed by atoms with Crippen molar-refractivity contribution in [1.82, 2.24) is 10.3 Å². The summed E-state index contributed by atoms with van der Waals surface area (Å²) in [5, 5.41) is 5.05. The van der Waals surface area contributed by atoms with Gasteiger partial charge in [-0.3, -0.25) is 4.79 Å². The number of thiazole rings is 1. The lowest BCUT2D eigenvalue weighted by Gasteiger charge is -2.13. The van der Waals surface area contributed by atoms with Gasteiger partial charge in [-0.05, 0) is 25.0 Å². The molecule has 0 spiro atoms. The molecule has 0 aliphatic rings. The summed E-state index contributed by atoms with van der Waals surface area (Å²) in [6, 6.07) is 6.93. The van der Waals surface area contributed by atoms with Gasteiger partial charge in [0, 0.05) is 23.7 Å². The van der Waals surface area contributed by atoms with Crippen LogP contribution in [0, 0.1) is 5.82 Å². The van der Waals surface area contributed by atoms with Gasteiger partial charge in [0.05, 0.1) is 0 Å². The van der Waals surface area contributed by atoms with Gasteiger partial charge in [0.15, 0.2) is 0 Å². The number of H-pyrrole nitrogens is 1. The summed E-state index contributed by atoms with van der Waals surface area (Å²) in [7, 11) is 0. The highest BCUT2D eigenvalue weighted by atomic mass is 32.1. The molecule has 5 heteroatoms. The van der Waals surface area contributed by atoms with Crippen LogP contribution >= 0.6 is 11.3 Å². The summed E-state index contributed by atoms with van der Waals surface area (Å²) < 4.78 is 13.4. The fourth-order valence-corrected chi connectivity index (χ4v) is 2.33. The summed E-state index contributed by atoms with van der Waals surface area (Å²) in [5.41, 5.74) is 1.57. The van der Waals surface area contributed by atoms with Crippen molar-refractivity contribution in [1.29, 1.82) is 0 Å². The molecular formula is C13H15FN2OS. The first-order valence-electron chi connectivity index (χ1n) is 5.78. The van der Waals surface area contributed by atoms with E-state index in [1.165, 1.54) is 6.07 Å². The fraction of sp³-hybridized carbons (Fsp3) is 0.308. The highest BCUT2D eigenvalue weighted by molar-refractivity contribution is 7.07. The highest BCUT2D eigenvalue weighted by Gasteiger charge is 2.07. The Bertz CT molecular complexity index is 564. The van der Waals surface area contributed by atoms with Crippen LogP contribution in [-0.4, -0.2) is 11.0 Å². The zero-order valence-electron chi connectivity index (χ0n) is 10.1. The predicted molar refractivity (Wildman–Crippen MR) is 71.3 cm³/mol. The van der Waals surface area contributed by atoms with E-state index in [0.29, 0.717) is 18.5 Å². The Balaban J connectivity index is 1.87. The fourth-order valence-electron chi connectivity index (χ4n) is 1.75. The molecule has 1 heterocycles. The van der Waals surface area contributed by atoms with Crippen LogP contribution in [0.3, 0.4) is 0 Å². The molecule has 0 radical (unpaired) electrons. The van der Waals surface area contributed by atoms with Gasteiger partial charge in [-0.2, -0.15) is 0 Å². The average Bonchev–Trinajstić information content (AvgIpc) is 2.76. The molecule has 0 saturated carbocycles. The minimum Gasteiger partial charge on any atom is -0.315 e. The summed E-state index contributed by atoms with van der Waals surface area (Å²) >= 11 is 1.15. The van der Waals surface area contributed by atoms with Crippen LogP contribution in [0.25, 0.3) is 0 Å². The number of aromatic nitrogens is 1. The Hall–Kier alpha value is -1.46. The molecule has 2 aromatic rings. The molecule has 1 atom stereocenters. The standard InChI is InChI=1S/C13H15FN2OS/c1-9(6-10-4-2-3-5-12(10)14)15-7-11-8-18-13(17)16-11/h2-5,8-9,15H,6-7H2,1H3,(H,16,17). The molecule has 96 valence electrons. The molecule has 0 bridgehead atoms. The minimum atomic E-state index is -0.171. The van der Waals surface area contributed by atoms with Gasteiger partial charge in [0.2, 0.25) is 0 Å². The summed E-state index contributed by atoms with van der Waals surface area (Å²) in [6.07, 6.45) is 0.626. The predicted octanol–water partition coefficient (Wildman–Crippen LogP) is 2.30. The van der Waals surface area contributed by atoms with Crippen molar-refractivity contribution in [2.45, 2.75) is 25.9 Å². The van der Waals surface area contributed by atoms with Crippen LogP contribution in [0.5, 0.6) is 0 Å². The molecular weight excluding hydrogens is 251 g/mol. The van der Waals surface area contributed by atoms with Crippen molar-refractivity contribution < 1.29 is 4.39 Å². The zero-order valence-corrected chi connectivity index (χ0v) is 10.9. The SMILES string of the molecule is CC(Cc1ccccc1F)NCc1csc(=O)[nH]1. The lowest BCUT2D eigenvalue weighted by Crippen LogP contribution is -2.28. The van der Waals surface area contributed by atoms with Gasteiger partial charge in [-0.25, -0.2) is 4.39 Å². The summed E-state index contributed by atoms with van der Waals surface area (Å²) in [6.45, 7) is 2.59. The van der Waals surface area contributed by atoms with Gasteiger partial charge >= 0.3 is 4.87 Å². The molecule has 2 N–H and O–H groups in total. The Morgan fingerprint density at radius 2 is 2.22 bits per heavy atom. The van der Waals surface area contributed by atoms with Crippen molar-refractivity contribution >= 4 is 11.3 Å². The number of benzene rings is 1. The van der Waals surface area contributed by atoms with Crippen LogP contribution in [0.4, 0.5) is 4.39 Å². The second-order valence-electron chi connectivity index (χ2n) is 4.25. The minimum absolute atomic E-state index is 0.0476. The summed E-state index contributed by atoms with van der Waals surface area (Å²) in [4.78, 5) is 13.6. The van der Waals surface area contributed by atoms with Crippen molar-refractivity contribution in [2.75, 3.05) is 0 Å². The van der Waals surface area contributed by atoms with E-state index in [0.717, 1.165) is 17.0 Å². The molecule has 3 nitrogen and oxygen atoms in total. The first kappa shape index (κ1) is 13.0. The van der Waals surface area contributed by atoms with Gasteiger partial charge < -0.3 is 10.3 Å². The second-order valence-corrected chi connectivity index (χ2v) is 5.09. The van der Waals surface area contributed by atoms with E-state index < -0.39 is 0 Å². The highest BCUT2D eigenvalue weighted by Crippen LogP contribution is 2.09. The molecule has 2 rings (SSSR count). The van der Waals surface area contributed by atoms with Crippen molar-refractivity contribution in [3.63, 3.8) is 0 Å². The molecule has 0 aliphatic heterocycles. The van der Waals surface area contributed by atoms with E-state index >= 15 is 0 Å². The van der Waals surface area contributed by atoms with Gasteiger partial charge in [0.1, 0.15) is 5.82 Å². The van der Waals surface area contributed by atoms with Crippen molar-refractivity contribution in [2.24, 2.45) is 0 Å². The van der Waals surface area contributed by atoms with Crippen LogP contribution in [0.2, 0.25) is 0 Å². The number of hydrogen-bond donors (Lipinski definition) is 2. The Kier molecular flexibility index (Phi) is 4.28. The second kappa shape index (κ2) is 5.93. The van der Waals surface area contributed by atoms with Gasteiger partial charge in [-0.1, -0.05) is 29.5 Å². The zero-order chi connectivity index (χ0) is 13.0. The normalized spacial score (nSPS) is 12.6. The molecule has 0 aliphatic carbocycles. The Morgan fingerprint density at radius 3 is 2.89 bits per heavy atom. The van der Waals surface area contributed by atoms with Crippen molar-refractivity contribution in [3.8, 4) is 0 Å². The maximum absolute atomic E-state index is 13.4. The third-order valence-electron chi connectivity index (χ3n) is 2.70.